The third kappa shape index (κ3) is 2.79. The number of oxazole rings is 1. The molecular formula is C17H14FNO2. The van der Waals surface area contributed by atoms with Crippen LogP contribution in [0, 0.1) is 5.82 Å². The lowest BCUT2D eigenvalue weighted by Crippen LogP contribution is -1.94. The highest BCUT2D eigenvalue weighted by molar-refractivity contribution is 5.68. The fourth-order valence-electron chi connectivity index (χ4n) is 2.26. The van der Waals surface area contributed by atoms with E-state index in [1.807, 2.05) is 30.3 Å². The van der Waals surface area contributed by atoms with Gasteiger partial charge in [0, 0.05) is 6.42 Å². The molecule has 0 aliphatic carbocycles. The molecule has 3 nitrogen and oxygen atoms in total. The van der Waals surface area contributed by atoms with Crippen LogP contribution in [-0.4, -0.2) is 12.1 Å². The van der Waals surface area contributed by atoms with Crippen molar-refractivity contribution in [2.45, 2.75) is 6.42 Å². The summed E-state index contributed by atoms with van der Waals surface area (Å²) >= 11 is 0. The lowest BCUT2D eigenvalue weighted by molar-refractivity contribution is 0.413. The first-order valence-corrected chi connectivity index (χ1v) is 6.58. The van der Waals surface area contributed by atoms with Crippen LogP contribution < -0.4 is 4.74 Å². The lowest BCUT2D eigenvalue weighted by Gasteiger charge is -2.07. The van der Waals surface area contributed by atoms with Crippen LogP contribution in [0.2, 0.25) is 0 Å². The molecule has 0 unspecified atom stereocenters. The molecule has 0 atom stereocenters. The average molecular weight is 283 g/mol. The van der Waals surface area contributed by atoms with Crippen LogP contribution in [0.3, 0.4) is 0 Å². The summed E-state index contributed by atoms with van der Waals surface area (Å²) in [6, 6.07) is 14.3. The van der Waals surface area contributed by atoms with Crippen LogP contribution in [0.4, 0.5) is 4.39 Å². The first-order valence-electron chi connectivity index (χ1n) is 6.58. The van der Waals surface area contributed by atoms with E-state index in [1.54, 1.807) is 13.2 Å². The quantitative estimate of drug-likeness (QED) is 0.723. The van der Waals surface area contributed by atoms with Crippen LogP contribution in [0.25, 0.3) is 11.3 Å². The van der Waals surface area contributed by atoms with Crippen molar-refractivity contribution in [1.29, 1.82) is 0 Å². The van der Waals surface area contributed by atoms with Gasteiger partial charge in [-0.25, -0.2) is 9.37 Å². The normalized spacial score (nSPS) is 10.6. The van der Waals surface area contributed by atoms with Crippen LogP contribution in [0.5, 0.6) is 5.75 Å². The third-order valence-corrected chi connectivity index (χ3v) is 3.26. The summed E-state index contributed by atoms with van der Waals surface area (Å²) in [5, 5.41) is 0. The van der Waals surface area contributed by atoms with Gasteiger partial charge in [-0.2, -0.15) is 0 Å². The highest BCUT2D eigenvalue weighted by Gasteiger charge is 2.16. The fraction of sp³-hybridized carbons (Fsp3) is 0.118. The summed E-state index contributed by atoms with van der Waals surface area (Å²) in [4.78, 5) is 4.25. The van der Waals surface area contributed by atoms with Crippen molar-refractivity contribution in [3.05, 3.63) is 72.0 Å². The van der Waals surface area contributed by atoms with Crippen LogP contribution >= 0.6 is 0 Å². The van der Waals surface area contributed by atoms with Gasteiger partial charge in [-0.1, -0.05) is 30.3 Å². The molecule has 4 heteroatoms. The summed E-state index contributed by atoms with van der Waals surface area (Å²) in [5.74, 6) is 0.755. The van der Waals surface area contributed by atoms with Crippen molar-refractivity contribution < 1.29 is 13.5 Å². The van der Waals surface area contributed by atoms with Gasteiger partial charge in [0.15, 0.2) is 12.2 Å². The maximum Gasteiger partial charge on any atom is 0.181 e. The number of methoxy groups -OCH3 is 1. The molecule has 0 aliphatic heterocycles. The van der Waals surface area contributed by atoms with Crippen molar-refractivity contribution in [2.75, 3.05) is 7.11 Å². The first-order chi connectivity index (χ1) is 10.3. The Morgan fingerprint density at radius 2 is 1.95 bits per heavy atom. The smallest absolute Gasteiger partial charge is 0.181 e. The Morgan fingerprint density at radius 1 is 1.14 bits per heavy atom. The molecule has 0 amide bonds. The van der Waals surface area contributed by atoms with Crippen LogP contribution in [-0.2, 0) is 6.42 Å². The number of rotatable bonds is 4. The molecule has 3 rings (SSSR count). The monoisotopic (exact) mass is 283 g/mol. The van der Waals surface area contributed by atoms with E-state index in [4.69, 9.17) is 9.15 Å². The maximum atomic E-state index is 13.5. The summed E-state index contributed by atoms with van der Waals surface area (Å²) in [7, 11) is 1.55. The van der Waals surface area contributed by atoms with E-state index < -0.39 is 0 Å². The highest BCUT2D eigenvalue weighted by Crippen LogP contribution is 2.33. The number of halogens is 1. The maximum absolute atomic E-state index is 13.5. The third-order valence-electron chi connectivity index (χ3n) is 3.26. The van der Waals surface area contributed by atoms with Crippen LogP contribution in [0.1, 0.15) is 11.3 Å². The number of benzene rings is 2. The van der Waals surface area contributed by atoms with E-state index in [-0.39, 0.29) is 5.82 Å². The Labute approximate surface area is 122 Å². The van der Waals surface area contributed by atoms with Crippen molar-refractivity contribution >= 4 is 0 Å². The zero-order valence-electron chi connectivity index (χ0n) is 11.5. The van der Waals surface area contributed by atoms with Gasteiger partial charge in [-0.15, -0.1) is 0 Å². The van der Waals surface area contributed by atoms with Crippen molar-refractivity contribution in [2.24, 2.45) is 0 Å². The van der Waals surface area contributed by atoms with Crippen molar-refractivity contribution in [3.63, 3.8) is 0 Å². The molecule has 0 radical (unpaired) electrons. The zero-order chi connectivity index (χ0) is 14.7. The Hall–Kier alpha value is -2.62. The molecule has 2 aromatic carbocycles. The molecule has 0 saturated carbocycles. The van der Waals surface area contributed by atoms with Gasteiger partial charge in [-0.3, -0.25) is 0 Å². The zero-order valence-corrected chi connectivity index (χ0v) is 11.5. The van der Waals surface area contributed by atoms with Gasteiger partial charge in [0.05, 0.1) is 18.4 Å². The molecule has 1 aromatic heterocycles. The second-order valence-electron chi connectivity index (χ2n) is 4.64. The largest absolute Gasteiger partial charge is 0.496 e. The van der Waals surface area contributed by atoms with Crippen molar-refractivity contribution in [3.8, 4) is 17.1 Å². The molecule has 21 heavy (non-hydrogen) atoms. The molecule has 0 spiro atoms. The van der Waals surface area contributed by atoms with E-state index in [2.05, 4.69) is 4.98 Å². The van der Waals surface area contributed by atoms with Crippen LogP contribution in [0.15, 0.2) is 59.3 Å². The Kier molecular flexibility index (Phi) is 3.69. The van der Waals surface area contributed by atoms with Gasteiger partial charge in [-0.05, 0) is 23.8 Å². The highest BCUT2D eigenvalue weighted by atomic mass is 19.1. The Morgan fingerprint density at radius 3 is 2.71 bits per heavy atom. The molecule has 0 bridgehead atoms. The Bertz CT molecular complexity index is 738. The molecule has 3 aromatic rings. The minimum atomic E-state index is -0.340. The van der Waals surface area contributed by atoms with Gasteiger partial charge in [0.2, 0.25) is 0 Å². The van der Waals surface area contributed by atoms with Gasteiger partial charge in [0.25, 0.3) is 0 Å². The van der Waals surface area contributed by atoms with Gasteiger partial charge < -0.3 is 9.15 Å². The standard InChI is InChI=1S/C17H14FNO2/c1-20-16-8-7-13(18)10-14(16)17-15(19-11-21-17)9-12-5-3-2-4-6-12/h2-8,10-11H,9H2,1H3. The summed E-state index contributed by atoms with van der Waals surface area (Å²) in [6.45, 7) is 0. The lowest BCUT2D eigenvalue weighted by atomic mass is 10.0. The summed E-state index contributed by atoms with van der Waals surface area (Å²) in [5.41, 5.74) is 2.44. The van der Waals surface area contributed by atoms with Crippen molar-refractivity contribution in [1.82, 2.24) is 4.98 Å². The molecule has 0 N–H and O–H groups in total. The molecular weight excluding hydrogens is 269 g/mol. The topological polar surface area (TPSA) is 35.3 Å². The van der Waals surface area contributed by atoms with E-state index >= 15 is 0 Å². The number of aromatic nitrogens is 1. The average Bonchev–Trinajstić information content (AvgIpc) is 2.96. The first kappa shape index (κ1) is 13.4. The molecule has 1 heterocycles. The molecule has 0 saturated heterocycles. The van der Waals surface area contributed by atoms with E-state index in [0.717, 1.165) is 11.3 Å². The van der Waals surface area contributed by atoms with Gasteiger partial charge >= 0.3 is 0 Å². The Balaban J connectivity index is 2.01. The number of ether oxygens (including phenoxy) is 1. The molecule has 106 valence electrons. The second-order valence-corrected chi connectivity index (χ2v) is 4.64. The minimum Gasteiger partial charge on any atom is -0.496 e. The molecule has 0 fully saturated rings. The second kappa shape index (κ2) is 5.79. The number of nitrogens with zero attached hydrogens (tertiary/aromatic N) is 1. The number of hydrogen-bond acceptors (Lipinski definition) is 3. The molecule has 0 aliphatic rings. The minimum absolute atomic E-state index is 0.340. The summed E-state index contributed by atoms with van der Waals surface area (Å²) < 4.78 is 24.3. The number of hydrogen-bond donors (Lipinski definition) is 0. The predicted octanol–water partition coefficient (Wildman–Crippen LogP) is 4.08. The van der Waals surface area contributed by atoms with E-state index in [1.165, 1.54) is 18.5 Å². The van der Waals surface area contributed by atoms with E-state index in [0.29, 0.717) is 23.5 Å². The SMILES string of the molecule is COc1ccc(F)cc1-c1ocnc1Cc1ccccc1. The predicted molar refractivity (Wildman–Crippen MR) is 77.7 cm³/mol. The van der Waals surface area contributed by atoms with Gasteiger partial charge in [0.1, 0.15) is 11.6 Å². The van der Waals surface area contributed by atoms with E-state index in [9.17, 15) is 4.39 Å². The summed E-state index contributed by atoms with van der Waals surface area (Å²) in [6.07, 6.45) is 1.99. The fourth-order valence-corrected chi connectivity index (χ4v) is 2.26.